The summed E-state index contributed by atoms with van der Waals surface area (Å²) in [5.74, 6) is -0.752. The number of carbonyl (C=O) groups is 1. The summed E-state index contributed by atoms with van der Waals surface area (Å²) in [7, 11) is 0. The molecule has 19 heavy (non-hydrogen) atoms. The summed E-state index contributed by atoms with van der Waals surface area (Å²) in [6.07, 6.45) is 4.83. The maximum atomic E-state index is 10.3. The van der Waals surface area contributed by atoms with Gasteiger partial charge in [0.2, 0.25) is 0 Å². The fraction of sp³-hybridized carbons (Fsp3) is 0.533. The molecule has 0 aromatic heterocycles. The largest absolute Gasteiger partial charge is 0.507 e. The molecule has 0 bridgehead atoms. The lowest BCUT2D eigenvalue weighted by atomic mass is 10.0. The Labute approximate surface area is 114 Å². The molecule has 1 aromatic rings. The smallest absolute Gasteiger partial charge is 0.339 e. The van der Waals surface area contributed by atoms with Gasteiger partial charge in [-0.2, -0.15) is 0 Å². The SMILES string of the molecule is CCCCC(CC)CO.O=C(O)c1ccccc1O. The van der Waals surface area contributed by atoms with E-state index >= 15 is 0 Å². The number of hydrogen-bond donors (Lipinski definition) is 3. The van der Waals surface area contributed by atoms with Gasteiger partial charge in [0.05, 0.1) is 0 Å². The molecule has 0 fully saturated rings. The topological polar surface area (TPSA) is 77.8 Å². The van der Waals surface area contributed by atoms with Crippen LogP contribution in [-0.2, 0) is 0 Å². The van der Waals surface area contributed by atoms with E-state index in [9.17, 15) is 4.79 Å². The molecule has 0 spiro atoms. The third-order valence-electron chi connectivity index (χ3n) is 2.94. The van der Waals surface area contributed by atoms with Crippen molar-refractivity contribution in [1.29, 1.82) is 0 Å². The van der Waals surface area contributed by atoms with Crippen molar-refractivity contribution in [1.82, 2.24) is 0 Å². The molecule has 0 saturated carbocycles. The first-order valence-electron chi connectivity index (χ1n) is 6.68. The van der Waals surface area contributed by atoms with Crippen LogP contribution in [0.2, 0.25) is 0 Å². The van der Waals surface area contributed by atoms with E-state index in [1.807, 2.05) is 0 Å². The maximum Gasteiger partial charge on any atom is 0.339 e. The Morgan fingerprint density at radius 1 is 1.26 bits per heavy atom. The molecule has 0 radical (unpaired) electrons. The summed E-state index contributed by atoms with van der Waals surface area (Å²) in [5, 5.41) is 26.1. The predicted molar refractivity (Wildman–Crippen MR) is 75.5 cm³/mol. The lowest BCUT2D eigenvalue weighted by Gasteiger charge is -2.08. The van der Waals surface area contributed by atoms with Crippen molar-refractivity contribution in [3.8, 4) is 5.75 Å². The van der Waals surface area contributed by atoms with Crippen LogP contribution in [0.15, 0.2) is 24.3 Å². The monoisotopic (exact) mass is 268 g/mol. The third-order valence-corrected chi connectivity index (χ3v) is 2.94. The van der Waals surface area contributed by atoms with Crippen molar-refractivity contribution >= 4 is 5.97 Å². The van der Waals surface area contributed by atoms with E-state index in [1.165, 1.54) is 31.4 Å². The summed E-state index contributed by atoms with van der Waals surface area (Å²) < 4.78 is 0. The number of aliphatic hydroxyl groups is 1. The number of para-hydroxylation sites is 1. The van der Waals surface area contributed by atoms with Crippen LogP contribution < -0.4 is 0 Å². The number of carboxylic acid groups (broad SMARTS) is 1. The van der Waals surface area contributed by atoms with E-state index in [-0.39, 0.29) is 11.3 Å². The third kappa shape index (κ3) is 7.47. The number of unbranched alkanes of at least 4 members (excludes halogenated alkanes) is 1. The zero-order valence-electron chi connectivity index (χ0n) is 11.7. The summed E-state index contributed by atoms with van der Waals surface area (Å²) in [6.45, 7) is 4.69. The molecule has 0 aliphatic rings. The number of carboxylic acids is 1. The first-order valence-corrected chi connectivity index (χ1v) is 6.68. The van der Waals surface area contributed by atoms with Gasteiger partial charge in [-0.05, 0) is 24.5 Å². The number of rotatable bonds is 6. The van der Waals surface area contributed by atoms with Crippen LogP contribution in [-0.4, -0.2) is 27.9 Å². The Morgan fingerprint density at radius 3 is 2.26 bits per heavy atom. The molecule has 0 heterocycles. The first kappa shape index (κ1) is 17.4. The lowest BCUT2D eigenvalue weighted by Crippen LogP contribution is -2.03. The highest BCUT2D eigenvalue weighted by molar-refractivity contribution is 5.90. The molecule has 0 aliphatic carbocycles. The maximum absolute atomic E-state index is 10.3. The Morgan fingerprint density at radius 2 is 1.89 bits per heavy atom. The van der Waals surface area contributed by atoms with Crippen molar-refractivity contribution in [2.24, 2.45) is 5.92 Å². The van der Waals surface area contributed by atoms with Crippen LogP contribution in [0.4, 0.5) is 0 Å². The van der Waals surface area contributed by atoms with Gasteiger partial charge in [0.1, 0.15) is 11.3 Å². The highest BCUT2D eigenvalue weighted by atomic mass is 16.4. The normalized spacial score (nSPS) is 11.3. The number of aromatic carboxylic acids is 1. The minimum absolute atomic E-state index is 0.0671. The standard InChI is InChI=1S/C8H18O.C7H6O3/c1-3-5-6-8(4-2)7-9;8-6-4-2-1-3-5(6)7(9)10/h8-9H,3-7H2,1-2H3;1-4,8H,(H,9,10). The zero-order chi connectivity index (χ0) is 14.7. The first-order chi connectivity index (χ1) is 9.06. The lowest BCUT2D eigenvalue weighted by molar-refractivity contribution is 0.0693. The molecule has 1 unspecified atom stereocenters. The van der Waals surface area contributed by atoms with Crippen LogP contribution in [0.25, 0.3) is 0 Å². The molecule has 108 valence electrons. The Hall–Kier alpha value is -1.55. The van der Waals surface area contributed by atoms with Crippen LogP contribution in [0, 0.1) is 5.92 Å². The van der Waals surface area contributed by atoms with Crippen molar-refractivity contribution < 1.29 is 20.1 Å². The van der Waals surface area contributed by atoms with Gasteiger partial charge in [0, 0.05) is 6.61 Å². The summed E-state index contributed by atoms with van der Waals surface area (Å²) in [6, 6.07) is 5.81. The Kier molecular flexibility index (Phi) is 9.53. The van der Waals surface area contributed by atoms with Gasteiger partial charge in [-0.3, -0.25) is 0 Å². The molecule has 1 atom stereocenters. The molecular weight excluding hydrogens is 244 g/mol. The number of phenols is 1. The van der Waals surface area contributed by atoms with Crippen molar-refractivity contribution in [3.63, 3.8) is 0 Å². The second-order valence-electron chi connectivity index (χ2n) is 4.42. The van der Waals surface area contributed by atoms with Crippen molar-refractivity contribution in [2.45, 2.75) is 39.5 Å². The fourth-order valence-corrected chi connectivity index (χ4v) is 1.57. The van der Waals surface area contributed by atoms with Gasteiger partial charge >= 0.3 is 5.97 Å². The van der Waals surface area contributed by atoms with Crippen LogP contribution in [0.5, 0.6) is 5.75 Å². The molecule has 0 saturated heterocycles. The molecule has 1 rings (SSSR count). The number of aliphatic hydroxyl groups excluding tert-OH is 1. The Balaban J connectivity index is 0.000000344. The van der Waals surface area contributed by atoms with E-state index < -0.39 is 5.97 Å². The molecule has 0 amide bonds. The molecule has 4 heteroatoms. The van der Waals surface area contributed by atoms with Crippen LogP contribution in [0.3, 0.4) is 0 Å². The Bertz CT molecular complexity index is 359. The zero-order valence-corrected chi connectivity index (χ0v) is 11.7. The van der Waals surface area contributed by atoms with Gasteiger partial charge in [-0.15, -0.1) is 0 Å². The van der Waals surface area contributed by atoms with Gasteiger partial charge < -0.3 is 15.3 Å². The number of aromatic hydroxyl groups is 1. The average molecular weight is 268 g/mol. The average Bonchev–Trinajstić information content (AvgIpc) is 2.41. The van der Waals surface area contributed by atoms with E-state index in [1.54, 1.807) is 12.1 Å². The quantitative estimate of drug-likeness (QED) is 0.739. The van der Waals surface area contributed by atoms with Crippen molar-refractivity contribution in [2.75, 3.05) is 6.61 Å². The van der Waals surface area contributed by atoms with Gasteiger partial charge in [0.15, 0.2) is 0 Å². The van der Waals surface area contributed by atoms with E-state index in [4.69, 9.17) is 15.3 Å². The van der Waals surface area contributed by atoms with Crippen LogP contribution >= 0.6 is 0 Å². The highest BCUT2D eigenvalue weighted by Gasteiger charge is 2.05. The van der Waals surface area contributed by atoms with Gasteiger partial charge in [0.25, 0.3) is 0 Å². The summed E-state index contributed by atoms with van der Waals surface area (Å²) >= 11 is 0. The second-order valence-corrected chi connectivity index (χ2v) is 4.42. The predicted octanol–water partition coefficient (Wildman–Crippen LogP) is 3.29. The molecule has 0 aliphatic heterocycles. The van der Waals surface area contributed by atoms with E-state index in [0.717, 1.165) is 6.42 Å². The molecular formula is C15H24O4. The minimum atomic E-state index is -1.11. The van der Waals surface area contributed by atoms with Gasteiger partial charge in [-0.25, -0.2) is 4.79 Å². The number of hydrogen-bond acceptors (Lipinski definition) is 3. The minimum Gasteiger partial charge on any atom is -0.507 e. The van der Waals surface area contributed by atoms with E-state index in [0.29, 0.717) is 12.5 Å². The molecule has 1 aromatic carbocycles. The fourth-order valence-electron chi connectivity index (χ4n) is 1.57. The second kappa shape index (κ2) is 10.4. The van der Waals surface area contributed by atoms with Crippen LogP contribution in [0.1, 0.15) is 49.9 Å². The molecule has 3 N–H and O–H groups in total. The van der Waals surface area contributed by atoms with E-state index in [2.05, 4.69) is 13.8 Å². The summed E-state index contributed by atoms with van der Waals surface area (Å²) in [5.41, 5.74) is -0.0671. The van der Waals surface area contributed by atoms with Gasteiger partial charge in [-0.1, -0.05) is 45.2 Å². The van der Waals surface area contributed by atoms with Crippen molar-refractivity contribution in [3.05, 3.63) is 29.8 Å². The highest BCUT2D eigenvalue weighted by Crippen LogP contribution is 2.14. The number of benzene rings is 1. The summed E-state index contributed by atoms with van der Waals surface area (Å²) in [4.78, 5) is 10.3. The molecule has 4 nitrogen and oxygen atoms in total.